The van der Waals surface area contributed by atoms with Gasteiger partial charge in [-0.15, -0.1) is 11.3 Å². The molecule has 2 aliphatic rings. The number of H-pyrrole nitrogens is 1. The molecule has 0 spiro atoms. The summed E-state index contributed by atoms with van der Waals surface area (Å²) < 4.78 is 5.60. The first-order chi connectivity index (χ1) is 16.3. The fourth-order valence-corrected chi connectivity index (χ4v) is 5.98. The van der Waals surface area contributed by atoms with Crippen molar-refractivity contribution in [1.82, 2.24) is 19.9 Å². The van der Waals surface area contributed by atoms with Gasteiger partial charge in [-0.2, -0.15) is 5.26 Å². The van der Waals surface area contributed by atoms with Gasteiger partial charge in [-0.3, -0.25) is 4.90 Å². The van der Waals surface area contributed by atoms with E-state index in [1.807, 2.05) is 24.3 Å². The second kappa shape index (κ2) is 8.75. The maximum absolute atomic E-state index is 9.36. The predicted octanol–water partition coefficient (Wildman–Crippen LogP) is 4.53. The summed E-state index contributed by atoms with van der Waals surface area (Å²) in [5.74, 6) is 1.71. The number of ether oxygens (including phenoxy) is 1. The van der Waals surface area contributed by atoms with Gasteiger partial charge in [0, 0.05) is 41.0 Å². The number of benzene rings is 1. The van der Waals surface area contributed by atoms with E-state index >= 15 is 0 Å². The zero-order valence-electron chi connectivity index (χ0n) is 18.5. The number of rotatable bonds is 4. The zero-order valence-corrected chi connectivity index (χ0v) is 19.3. The molecule has 0 aliphatic carbocycles. The molecule has 2 saturated heterocycles. The van der Waals surface area contributed by atoms with E-state index in [4.69, 9.17) is 14.7 Å². The molecule has 8 heteroatoms. The third kappa shape index (κ3) is 3.97. The van der Waals surface area contributed by atoms with Crippen molar-refractivity contribution in [2.75, 3.05) is 44.3 Å². The predicted molar refractivity (Wildman–Crippen MR) is 132 cm³/mol. The number of thiophene rings is 1. The minimum Gasteiger partial charge on any atom is -0.378 e. The normalized spacial score (nSPS) is 17.6. The average molecular weight is 459 g/mol. The van der Waals surface area contributed by atoms with E-state index in [9.17, 15) is 5.26 Å². The van der Waals surface area contributed by atoms with Gasteiger partial charge in [0.2, 0.25) is 0 Å². The molecule has 1 aromatic carbocycles. The van der Waals surface area contributed by atoms with Crippen LogP contribution in [0.25, 0.3) is 32.5 Å². The maximum atomic E-state index is 9.36. The van der Waals surface area contributed by atoms with Crippen molar-refractivity contribution in [3.05, 3.63) is 40.9 Å². The van der Waals surface area contributed by atoms with Gasteiger partial charge in [-0.05, 0) is 44.1 Å². The highest BCUT2D eigenvalue weighted by molar-refractivity contribution is 7.18. The van der Waals surface area contributed by atoms with Gasteiger partial charge in [-0.25, -0.2) is 9.97 Å². The summed E-state index contributed by atoms with van der Waals surface area (Å²) in [7, 11) is 0. The highest BCUT2D eigenvalue weighted by Crippen LogP contribution is 2.36. The highest BCUT2D eigenvalue weighted by Gasteiger charge is 2.22. The van der Waals surface area contributed by atoms with Crippen LogP contribution in [-0.2, 0) is 11.3 Å². The number of nitriles is 1. The Morgan fingerprint density at radius 3 is 2.70 bits per heavy atom. The fraction of sp³-hybridized carbons (Fsp3) is 0.400. The van der Waals surface area contributed by atoms with Crippen molar-refractivity contribution in [3.63, 3.8) is 0 Å². The van der Waals surface area contributed by atoms with Crippen LogP contribution in [0.1, 0.15) is 29.8 Å². The minimum absolute atomic E-state index is 0.548. The molecule has 0 saturated carbocycles. The summed E-state index contributed by atoms with van der Waals surface area (Å²) in [6, 6.07) is 12.4. The van der Waals surface area contributed by atoms with Gasteiger partial charge in [0.05, 0.1) is 18.6 Å². The second-order valence-electron chi connectivity index (χ2n) is 8.80. The lowest BCUT2D eigenvalue weighted by atomic mass is 10.1. The summed E-state index contributed by atoms with van der Waals surface area (Å²) in [4.78, 5) is 20.6. The lowest BCUT2D eigenvalue weighted by Crippen LogP contribution is -2.37. The Morgan fingerprint density at radius 1 is 1.03 bits per heavy atom. The highest BCUT2D eigenvalue weighted by atomic mass is 32.1. The number of aromatic amines is 1. The van der Waals surface area contributed by atoms with Crippen LogP contribution in [0.4, 0.5) is 5.82 Å². The van der Waals surface area contributed by atoms with Crippen LogP contribution >= 0.6 is 11.3 Å². The third-order valence-electron chi connectivity index (χ3n) is 6.59. The Labute approximate surface area is 196 Å². The molecular formula is C25H26N6OS. The second-order valence-corrected chi connectivity index (χ2v) is 9.92. The number of fused-ring (bicyclic) bond motifs is 2. The Hall–Kier alpha value is -2.99. The van der Waals surface area contributed by atoms with Crippen molar-refractivity contribution in [2.45, 2.75) is 25.8 Å². The van der Waals surface area contributed by atoms with E-state index in [1.165, 1.54) is 37.2 Å². The first-order valence-electron chi connectivity index (χ1n) is 11.7. The minimum atomic E-state index is 0.548. The van der Waals surface area contributed by atoms with Crippen molar-refractivity contribution in [1.29, 1.82) is 5.26 Å². The van der Waals surface area contributed by atoms with Crippen LogP contribution in [0.15, 0.2) is 30.3 Å². The van der Waals surface area contributed by atoms with E-state index in [1.54, 1.807) is 11.3 Å². The Bertz CT molecular complexity index is 1340. The topological polar surface area (TPSA) is 81.1 Å². The van der Waals surface area contributed by atoms with Crippen molar-refractivity contribution >= 4 is 38.3 Å². The Kier molecular flexibility index (Phi) is 5.46. The summed E-state index contributed by atoms with van der Waals surface area (Å²) in [5.41, 5.74) is 2.43. The quantitative estimate of drug-likeness (QED) is 0.484. The summed E-state index contributed by atoms with van der Waals surface area (Å²) in [6.45, 7) is 6.43. The van der Waals surface area contributed by atoms with E-state index in [0.717, 1.165) is 52.1 Å². The maximum Gasteiger partial charge on any atom is 0.163 e. The van der Waals surface area contributed by atoms with Gasteiger partial charge in [0.1, 0.15) is 22.4 Å². The molecule has 6 rings (SSSR count). The van der Waals surface area contributed by atoms with Crippen LogP contribution in [0.2, 0.25) is 0 Å². The molecule has 0 radical (unpaired) electrons. The standard InChI is InChI=1S/C25H26N6OS/c26-15-17-13-20-19(5-4-6-22(20)27-17)23-28-24(31-9-11-32-12-10-31)21-14-18(33-25(21)29-23)16-30-7-2-1-3-8-30/h4-6,13-14,27H,1-3,7-12,16H2. The summed E-state index contributed by atoms with van der Waals surface area (Å²) in [6.07, 6.45) is 3.93. The molecule has 0 amide bonds. The number of aromatic nitrogens is 3. The lowest BCUT2D eigenvalue weighted by molar-refractivity contribution is 0.122. The monoisotopic (exact) mass is 458 g/mol. The van der Waals surface area contributed by atoms with Crippen molar-refractivity contribution in [3.8, 4) is 17.5 Å². The van der Waals surface area contributed by atoms with Crippen LogP contribution in [0.3, 0.4) is 0 Å². The Balaban J connectivity index is 1.47. The number of likely N-dealkylation sites (tertiary alicyclic amines) is 1. The summed E-state index contributed by atoms with van der Waals surface area (Å²) in [5, 5.41) is 11.5. The molecule has 3 aromatic heterocycles. The number of nitrogens with one attached hydrogen (secondary N) is 1. The van der Waals surface area contributed by atoms with Crippen LogP contribution in [0, 0.1) is 11.3 Å². The van der Waals surface area contributed by atoms with Crippen LogP contribution < -0.4 is 4.90 Å². The van der Waals surface area contributed by atoms with E-state index in [-0.39, 0.29) is 0 Å². The molecule has 2 fully saturated rings. The van der Waals surface area contributed by atoms with Gasteiger partial charge < -0.3 is 14.6 Å². The Morgan fingerprint density at radius 2 is 1.88 bits per heavy atom. The largest absolute Gasteiger partial charge is 0.378 e. The third-order valence-corrected chi connectivity index (χ3v) is 7.60. The number of morpholine rings is 1. The number of nitrogens with zero attached hydrogens (tertiary/aromatic N) is 5. The first-order valence-corrected chi connectivity index (χ1v) is 12.5. The molecule has 4 aromatic rings. The van der Waals surface area contributed by atoms with Gasteiger partial charge in [0.25, 0.3) is 0 Å². The SMILES string of the molecule is N#Cc1cc2c(-c3nc(N4CCOCC4)c4cc(CN5CCCCC5)sc4n3)cccc2[nH]1. The molecule has 33 heavy (non-hydrogen) atoms. The molecular weight excluding hydrogens is 432 g/mol. The van der Waals surface area contributed by atoms with Crippen LogP contribution in [-0.4, -0.2) is 59.2 Å². The first kappa shape index (κ1) is 20.6. The average Bonchev–Trinajstić information content (AvgIpc) is 3.47. The molecule has 1 N–H and O–H groups in total. The van der Waals surface area contributed by atoms with Gasteiger partial charge in [-0.1, -0.05) is 18.6 Å². The molecule has 0 unspecified atom stereocenters. The van der Waals surface area contributed by atoms with Crippen molar-refractivity contribution < 1.29 is 4.74 Å². The smallest absolute Gasteiger partial charge is 0.163 e. The van der Waals surface area contributed by atoms with Crippen LogP contribution in [0.5, 0.6) is 0 Å². The van der Waals surface area contributed by atoms with Crippen molar-refractivity contribution in [2.24, 2.45) is 0 Å². The summed E-state index contributed by atoms with van der Waals surface area (Å²) >= 11 is 1.78. The molecule has 5 heterocycles. The molecule has 7 nitrogen and oxygen atoms in total. The molecule has 168 valence electrons. The zero-order chi connectivity index (χ0) is 22.2. The van der Waals surface area contributed by atoms with E-state index in [2.05, 4.69) is 26.9 Å². The number of piperidine rings is 1. The lowest BCUT2D eigenvalue weighted by Gasteiger charge is -2.28. The number of hydrogen-bond donors (Lipinski definition) is 1. The molecule has 2 aliphatic heterocycles. The van der Waals surface area contributed by atoms with E-state index < -0.39 is 0 Å². The molecule has 0 atom stereocenters. The molecule has 0 bridgehead atoms. The van der Waals surface area contributed by atoms with Gasteiger partial charge >= 0.3 is 0 Å². The number of anilines is 1. The van der Waals surface area contributed by atoms with E-state index in [0.29, 0.717) is 24.7 Å². The van der Waals surface area contributed by atoms with Gasteiger partial charge in [0.15, 0.2) is 5.82 Å². The fourth-order valence-electron chi connectivity index (χ4n) is 4.92. The number of hydrogen-bond acceptors (Lipinski definition) is 7.